The van der Waals surface area contributed by atoms with Gasteiger partial charge in [-0.15, -0.1) is 0 Å². The van der Waals surface area contributed by atoms with Crippen LogP contribution in [0.25, 0.3) is 0 Å². The van der Waals surface area contributed by atoms with E-state index in [1.165, 1.54) is 11.1 Å². The van der Waals surface area contributed by atoms with E-state index in [9.17, 15) is 0 Å². The Bertz CT molecular complexity index is 390. The van der Waals surface area contributed by atoms with E-state index in [0.717, 1.165) is 32.4 Å². The Morgan fingerprint density at radius 1 is 1.44 bits per heavy atom. The highest BCUT2D eigenvalue weighted by molar-refractivity contribution is 5.22. The summed E-state index contributed by atoms with van der Waals surface area (Å²) in [7, 11) is 0. The summed E-state index contributed by atoms with van der Waals surface area (Å²) in [5, 5.41) is 3.67. The highest BCUT2D eigenvalue weighted by Crippen LogP contribution is 2.27. The van der Waals surface area contributed by atoms with Crippen molar-refractivity contribution < 1.29 is 4.74 Å². The largest absolute Gasteiger partial charge is 0.375 e. The van der Waals surface area contributed by atoms with E-state index in [0.29, 0.717) is 6.04 Å². The second-order valence-corrected chi connectivity index (χ2v) is 5.71. The highest BCUT2D eigenvalue weighted by atomic mass is 16.5. The summed E-state index contributed by atoms with van der Waals surface area (Å²) in [4.78, 5) is 0. The van der Waals surface area contributed by atoms with Crippen molar-refractivity contribution in [1.29, 1.82) is 0 Å². The summed E-state index contributed by atoms with van der Waals surface area (Å²) in [5.41, 5.74) is 2.78. The third-order valence-electron chi connectivity index (χ3n) is 4.02. The predicted octanol–water partition coefficient (Wildman–Crippen LogP) is 3.43. The molecule has 1 aliphatic heterocycles. The zero-order chi connectivity index (χ0) is 13.0. The van der Waals surface area contributed by atoms with Crippen molar-refractivity contribution in [3.05, 3.63) is 35.4 Å². The molecule has 1 heterocycles. The van der Waals surface area contributed by atoms with E-state index in [2.05, 4.69) is 50.4 Å². The van der Waals surface area contributed by atoms with Gasteiger partial charge in [0, 0.05) is 19.2 Å². The van der Waals surface area contributed by atoms with Crippen LogP contribution in [-0.2, 0) is 11.3 Å². The fourth-order valence-corrected chi connectivity index (χ4v) is 2.63. The van der Waals surface area contributed by atoms with Crippen LogP contribution in [0.3, 0.4) is 0 Å². The van der Waals surface area contributed by atoms with E-state index in [-0.39, 0.29) is 5.60 Å². The monoisotopic (exact) mass is 247 g/mol. The Balaban J connectivity index is 1.87. The van der Waals surface area contributed by atoms with Gasteiger partial charge in [0.25, 0.3) is 0 Å². The molecule has 2 rings (SSSR count). The second-order valence-electron chi connectivity index (χ2n) is 5.71. The Kier molecular flexibility index (Phi) is 4.41. The van der Waals surface area contributed by atoms with Gasteiger partial charge in [0.1, 0.15) is 0 Å². The maximum absolute atomic E-state index is 5.88. The molecule has 2 heteroatoms. The highest BCUT2D eigenvalue weighted by Gasteiger charge is 2.31. The van der Waals surface area contributed by atoms with Crippen molar-refractivity contribution >= 4 is 0 Å². The maximum atomic E-state index is 5.88. The summed E-state index contributed by atoms with van der Waals surface area (Å²) in [6, 6.07) is 9.31. The topological polar surface area (TPSA) is 21.3 Å². The molecule has 0 aromatic heterocycles. The van der Waals surface area contributed by atoms with Gasteiger partial charge in [0.05, 0.1) is 5.60 Å². The van der Waals surface area contributed by atoms with Crippen molar-refractivity contribution in [2.45, 2.75) is 58.2 Å². The van der Waals surface area contributed by atoms with Gasteiger partial charge < -0.3 is 10.1 Å². The molecule has 1 aliphatic rings. The first kappa shape index (κ1) is 13.6. The molecule has 1 aromatic rings. The molecule has 0 spiro atoms. The van der Waals surface area contributed by atoms with Crippen molar-refractivity contribution in [3.8, 4) is 0 Å². The number of benzene rings is 1. The van der Waals surface area contributed by atoms with Crippen LogP contribution in [0, 0.1) is 6.92 Å². The summed E-state index contributed by atoms with van der Waals surface area (Å²) in [6.45, 7) is 8.44. The zero-order valence-corrected chi connectivity index (χ0v) is 11.8. The number of hydrogen-bond acceptors (Lipinski definition) is 2. The number of hydrogen-bond donors (Lipinski definition) is 1. The molecule has 2 nitrogen and oxygen atoms in total. The SMILES string of the molecule is CCC1(C)CC(NCc2cccc(C)c2)CCO1. The summed E-state index contributed by atoms with van der Waals surface area (Å²) >= 11 is 0. The number of rotatable bonds is 4. The van der Waals surface area contributed by atoms with Gasteiger partial charge in [-0.3, -0.25) is 0 Å². The number of ether oxygens (including phenoxy) is 1. The van der Waals surface area contributed by atoms with Crippen LogP contribution >= 0.6 is 0 Å². The minimum absolute atomic E-state index is 0.0719. The third-order valence-corrected chi connectivity index (χ3v) is 4.02. The molecular formula is C16H25NO. The van der Waals surface area contributed by atoms with Crippen LogP contribution in [0.15, 0.2) is 24.3 Å². The molecule has 1 saturated heterocycles. The average molecular weight is 247 g/mol. The van der Waals surface area contributed by atoms with E-state index in [1.807, 2.05) is 0 Å². The first-order chi connectivity index (χ1) is 8.61. The lowest BCUT2D eigenvalue weighted by atomic mass is 9.90. The van der Waals surface area contributed by atoms with Crippen LogP contribution in [0.2, 0.25) is 0 Å². The molecule has 2 atom stereocenters. The Hall–Kier alpha value is -0.860. The van der Waals surface area contributed by atoms with Crippen LogP contribution in [0.5, 0.6) is 0 Å². The molecule has 0 amide bonds. The summed E-state index contributed by atoms with van der Waals surface area (Å²) < 4.78 is 5.88. The van der Waals surface area contributed by atoms with Gasteiger partial charge in [-0.1, -0.05) is 36.8 Å². The van der Waals surface area contributed by atoms with Gasteiger partial charge in [0.15, 0.2) is 0 Å². The molecule has 1 aromatic carbocycles. The standard InChI is InChI=1S/C16H25NO/c1-4-16(3)11-15(8-9-18-16)17-12-14-7-5-6-13(2)10-14/h5-7,10,15,17H,4,8-9,11-12H2,1-3H3. The fourth-order valence-electron chi connectivity index (χ4n) is 2.63. The molecule has 0 saturated carbocycles. The summed E-state index contributed by atoms with van der Waals surface area (Å²) in [5.74, 6) is 0. The van der Waals surface area contributed by atoms with Gasteiger partial charge in [-0.25, -0.2) is 0 Å². The smallest absolute Gasteiger partial charge is 0.0666 e. The molecule has 1 fully saturated rings. The quantitative estimate of drug-likeness (QED) is 0.880. The van der Waals surface area contributed by atoms with Gasteiger partial charge >= 0.3 is 0 Å². The normalized spacial score (nSPS) is 28.3. The molecule has 0 aliphatic carbocycles. The summed E-state index contributed by atoms with van der Waals surface area (Å²) in [6.07, 6.45) is 3.34. The van der Waals surface area contributed by atoms with Crippen molar-refractivity contribution in [3.63, 3.8) is 0 Å². The van der Waals surface area contributed by atoms with Gasteiger partial charge in [-0.2, -0.15) is 0 Å². The van der Waals surface area contributed by atoms with Crippen molar-refractivity contribution in [2.24, 2.45) is 0 Å². The Labute approximate surface area is 111 Å². The van der Waals surface area contributed by atoms with Crippen molar-refractivity contribution in [2.75, 3.05) is 6.61 Å². The van der Waals surface area contributed by atoms with E-state index < -0.39 is 0 Å². The molecule has 100 valence electrons. The van der Waals surface area contributed by atoms with Crippen LogP contribution in [0.1, 0.15) is 44.2 Å². The molecule has 1 N–H and O–H groups in total. The number of aryl methyl sites for hydroxylation is 1. The molecule has 0 bridgehead atoms. The Morgan fingerprint density at radius 3 is 3.00 bits per heavy atom. The average Bonchev–Trinajstić information content (AvgIpc) is 2.37. The first-order valence-electron chi connectivity index (χ1n) is 7.04. The van der Waals surface area contributed by atoms with Gasteiger partial charge in [0.2, 0.25) is 0 Å². The Morgan fingerprint density at radius 2 is 2.28 bits per heavy atom. The number of nitrogens with one attached hydrogen (secondary N) is 1. The minimum atomic E-state index is 0.0719. The third kappa shape index (κ3) is 3.56. The van der Waals surface area contributed by atoms with Crippen LogP contribution < -0.4 is 5.32 Å². The lowest BCUT2D eigenvalue weighted by molar-refractivity contribution is -0.0781. The zero-order valence-electron chi connectivity index (χ0n) is 11.8. The molecular weight excluding hydrogens is 222 g/mol. The first-order valence-corrected chi connectivity index (χ1v) is 7.04. The van der Waals surface area contributed by atoms with E-state index in [4.69, 9.17) is 4.74 Å². The van der Waals surface area contributed by atoms with E-state index >= 15 is 0 Å². The molecule has 2 unspecified atom stereocenters. The molecule has 0 radical (unpaired) electrons. The predicted molar refractivity (Wildman–Crippen MR) is 75.7 cm³/mol. The maximum Gasteiger partial charge on any atom is 0.0666 e. The van der Waals surface area contributed by atoms with Crippen LogP contribution in [0.4, 0.5) is 0 Å². The van der Waals surface area contributed by atoms with Crippen molar-refractivity contribution in [1.82, 2.24) is 5.32 Å². The lowest BCUT2D eigenvalue weighted by Crippen LogP contribution is -2.44. The minimum Gasteiger partial charge on any atom is -0.375 e. The molecule has 18 heavy (non-hydrogen) atoms. The van der Waals surface area contributed by atoms with E-state index in [1.54, 1.807) is 0 Å². The second kappa shape index (κ2) is 5.85. The fraction of sp³-hybridized carbons (Fsp3) is 0.625. The lowest BCUT2D eigenvalue weighted by Gasteiger charge is -2.38. The van der Waals surface area contributed by atoms with Gasteiger partial charge in [-0.05, 0) is 38.7 Å². The van der Waals surface area contributed by atoms with Crippen LogP contribution in [-0.4, -0.2) is 18.2 Å².